The van der Waals surface area contributed by atoms with Gasteiger partial charge in [0.05, 0.1) is 27.6 Å². The van der Waals surface area contributed by atoms with Gasteiger partial charge in [-0.05, 0) is 12.1 Å². The summed E-state index contributed by atoms with van der Waals surface area (Å²) in [6.07, 6.45) is 2.63. The number of hydrogen-bond donors (Lipinski definition) is 2. The van der Waals surface area contributed by atoms with E-state index in [0.29, 0.717) is 0 Å². The lowest BCUT2D eigenvalue weighted by atomic mass is 10.2. The summed E-state index contributed by atoms with van der Waals surface area (Å²) >= 11 is 11.8. The second-order valence-electron chi connectivity index (χ2n) is 4.10. The molecule has 0 saturated carbocycles. The fraction of sp³-hybridized carbons (Fsp3) is 0.0909. The van der Waals surface area contributed by atoms with Crippen molar-refractivity contribution in [3.05, 3.63) is 40.3 Å². The van der Waals surface area contributed by atoms with Crippen molar-refractivity contribution in [3.8, 4) is 0 Å². The molecule has 7 nitrogen and oxygen atoms in total. The van der Waals surface area contributed by atoms with Crippen LogP contribution in [0.4, 0.5) is 5.69 Å². The van der Waals surface area contributed by atoms with Crippen LogP contribution >= 0.6 is 23.2 Å². The van der Waals surface area contributed by atoms with Gasteiger partial charge < -0.3 is 9.67 Å². The molecule has 0 atom stereocenters. The first-order valence-electron chi connectivity index (χ1n) is 5.44. The highest BCUT2D eigenvalue weighted by Gasteiger charge is 2.21. The van der Waals surface area contributed by atoms with E-state index in [1.165, 1.54) is 17.1 Å². The molecule has 2 N–H and O–H groups in total. The van der Waals surface area contributed by atoms with Crippen LogP contribution in [-0.2, 0) is 17.1 Å². The summed E-state index contributed by atoms with van der Waals surface area (Å²) in [7, 11) is -2.35. The number of carbonyl (C=O) groups is 1. The molecule has 2 rings (SSSR count). The van der Waals surface area contributed by atoms with E-state index in [4.69, 9.17) is 28.3 Å². The molecule has 0 saturated heterocycles. The zero-order chi connectivity index (χ0) is 15.8. The number of aryl methyl sites for hydroxylation is 1. The lowest BCUT2D eigenvalue weighted by Crippen LogP contribution is -2.14. The van der Waals surface area contributed by atoms with Crippen LogP contribution in [0.25, 0.3) is 0 Å². The third-order valence-electron chi connectivity index (χ3n) is 2.48. The Kier molecular flexibility index (Phi) is 4.13. The molecular formula is C11H9Cl2N3O4S. The summed E-state index contributed by atoms with van der Waals surface area (Å²) in [5, 5.41) is 8.41. The van der Waals surface area contributed by atoms with Gasteiger partial charge in [-0.15, -0.1) is 0 Å². The van der Waals surface area contributed by atoms with E-state index in [1.807, 2.05) is 0 Å². The number of halogens is 2. The van der Waals surface area contributed by atoms with Crippen LogP contribution in [0, 0.1) is 0 Å². The van der Waals surface area contributed by atoms with Crippen LogP contribution in [0.2, 0.25) is 10.0 Å². The fourth-order valence-electron chi connectivity index (χ4n) is 1.51. The van der Waals surface area contributed by atoms with Gasteiger partial charge in [-0.1, -0.05) is 23.2 Å². The minimum Gasteiger partial charge on any atom is -0.478 e. The number of nitrogens with one attached hydrogen (secondary N) is 1. The minimum absolute atomic E-state index is 0.103. The number of carboxylic acid groups (broad SMARTS) is 1. The minimum atomic E-state index is -3.97. The molecule has 0 radical (unpaired) electrons. The van der Waals surface area contributed by atoms with Crippen molar-refractivity contribution in [2.24, 2.45) is 7.05 Å². The van der Waals surface area contributed by atoms with Crippen LogP contribution in [-0.4, -0.2) is 29.0 Å². The van der Waals surface area contributed by atoms with E-state index in [-0.39, 0.29) is 26.3 Å². The number of rotatable bonds is 4. The average molecular weight is 350 g/mol. The van der Waals surface area contributed by atoms with Crippen LogP contribution in [0.1, 0.15) is 10.4 Å². The van der Waals surface area contributed by atoms with E-state index in [9.17, 15) is 13.2 Å². The van der Waals surface area contributed by atoms with Crippen molar-refractivity contribution < 1.29 is 18.3 Å². The molecule has 0 amide bonds. The van der Waals surface area contributed by atoms with E-state index >= 15 is 0 Å². The standard InChI is InChI=1S/C11H9Cl2N3O4S/c1-16-4-9(14-5-16)21(19,20)15-10-7(12)2-6(11(17)18)3-8(10)13/h2-5,15H,1H3,(H,17,18). The zero-order valence-electron chi connectivity index (χ0n) is 10.5. The Balaban J connectivity index is 2.42. The molecule has 0 aliphatic heterocycles. The topological polar surface area (TPSA) is 101 Å². The van der Waals surface area contributed by atoms with Crippen molar-refractivity contribution >= 4 is 44.9 Å². The van der Waals surface area contributed by atoms with Crippen LogP contribution in [0.3, 0.4) is 0 Å². The highest BCUT2D eigenvalue weighted by atomic mass is 35.5. The van der Waals surface area contributed by atoms with E-state index in [2.05, 4.69) is 9.71 Å². The Morgan fingerprint density at radius 1 is 1.33 bits per heavy atom. The van der Waals surface area contributed by atoms with Gasteiger partial charge in [-0.25, -0.2) is 9.78 Å². The second-order valence-corrected chi connectivity index (χ2v) is 6.55. The molecule has 21 heavy (non-hydrogen) atoms. The highest BCUT2D eigenvalue weighted by molar-refractivity contribution is 7.92. The van der Waals surface area contributed by atoms with Gasteiger partial charge in [0.1, 0.15) is 0 Å². The summed E-state index contributed by atoms with van der Waals surface area (Å²) in [4.78, 5) is 14.6. The number of carboxylic acids is 1. The summed E-state index contributed by atoms with van der Waals surface area (Å²) < 4.78 is 27.9. The van der Waals surface area contributed by atoms with Gasteiger partial charge in [-0.3, -0.25) is 4.72 Å². The van der Waals surface area contributed by atoms with Crippen molar-refractivity contribution in [1.82, 2.24) is 9.55 Å². The summed E-state index contributed by atoms with van der Waals surface area (Å²) in [5.41, 5.74) is -0.250. The molecule has 0 aliphatic carbocycles. The van der Waals surface area contributed by atoms with Crippen molar-refractivity contribution in [3.63, 3.8) is 0 Å². The van der Waals surface area contributed by atoms with Crippen molar-refractivity contribution in [1.29, 1.82) is 0 Å². The first-order valence-corrected chi connectivity index (χ1v) is 7.68. The number of nitrogens with zero attached hydrogens (tertiary/aromatic N) is 2. The molecule has 0 fully saturated rings. The first-order chi connectivity index (χ1) is 9.70. The molecule has 10 heteroatoms. The summed E-state index contributed by atoms with van der Waals surface area (Å²) in [5.74, 6) is -1.22. The Labute approximate surface area is 130 Å². The smallest absolute Gasteiger partial charge is 0.335 e. The number of imidazole rings is 1. The van der Waals surface area contributed by atoms with Gasteiger partial charge in [0.15, 0.2) is 5.03 Å². The Morgan fingerprint density at radius 3 is 2.33 bits per heavy atom. The number of sulfonamides is 1. The Bertz CT molecular complexity index is 794. The van der Waals surface area contributed by atoms with Gasteiger partial charge in [-0.2, -0.15) is 8.42 Å². The summed E-state index contributed by atoms with van der Waals surface area (Å²) in [6, 6.07) is 2.21. The molecule has 1 heterocycles. The molecule has 2 aromatic rings. The van der Waals surface area contributed by atoms with Crippen molar-refractivity contribution in [2.75, 3.05) is 4.72 Å². The number of aromatic carboxylic acids is 1. The highest BCUT2D eigenvalue weighted by Crippen LogP contribution is 2.33. The Hall–Kier alpha value is -1.77. The molecule has 0 aliphatic rings. The maximum atomic E-state index is 12.1. The lowest BCUT2D eigenvalue weighted by Gasteiger charge is -2.10. The molecule has 1 aromatic heterocycles. The van der Waals surface area contributed by atoms with Gasteiger partial charge in [0.25, 0.3) is 10.0 Å². The average Bonchev–Trinajstić information content (AvgIpc) is 2.81. The largest absolute Gasteiger partial charge is 0.478 e. The van der Waals surface area contributed by atoms with Crippen molar-refractivity contribution in [2.45, 2.75) is 5.03 Å². The van der Waals surface area contributed by atoms with Gasteiger partial charge >= 0.3 is 5.97 Å². The predicted molar refractivity (Wildman–Crippen MR) is 77.4 cm³/mol. The normalized spacial score (nSPS) is 11.4. The number of aromatic nitrogens is 2. The van der Waals surface area contributed by atoms with E-state index in [1.54, 1.807) is 7.05 Å². The zero-order valence-corrected chi connectivity index (χ0v) is 12.9. The van der Waals surface area contributed by atoms with Gasteiger partial charge in [0.2, 0.25) is 0 Å². The molecule has 1 aromatic carbocycles. The SMILES string of the molecule is Cn1cnc(S(=O)(=O)Nc2c(Cl)cc(C(=O)O)cc2Cl)c1. The molecular weight excluding hydrogens is 341 g/mol. The number of benzene rings is 1. The number of hydrogen-bond acceptors (Lipinski definition) is 4. The monoisotopic (exact) mass is 349 g/mol. The maximum Gasteiger partial charge on any atom is 0.335 e. The number of anilines is 1. The van der Waals surface area contributed by atoms with Crippen LogP contribution < -0.4 is 4.72 Å². The molecule has 0 unspecified atom stereocenters. The first kappa shape index (κ1) is 15.6. The Morgan fingerprint density at radius 2 is 1.90 bits per heavy atom. The maximum absolute atomic E-state index is 12.1. The summed E-state index contributed by atoms with van der Waals surface area (Å²) in [6.45, 7) is 0. The third-order valence-corrected chi connectivity index (χ3v) is 4.31. The van der Waals surface area contributed by atoms with E-state index < -0.39 is 16.0 Å². The molecule has 112 valence electrons. The molecule has 0 spiro atoms. The van der Waals surface area contributed by atoms with E-state index in [0.717, 1.165) is 12.1 Å². The third kappa shape index (κ3) is 3.29. The predicted octanol–water partition coefficient (Wildman–Crippen LogP) is 2.23. The lowest BCUT2D eigenvalue weighted by molar-refractivity contribution is 0.0697. The van der Waals surface area contributed by atoms with Crippen LogP contribution in [0.15, 0.2) is 29.7 Å². The van der Waals surface area contributed by atoms with Crippen LogP contribution in [0.5, 0.6) is 0 Å². The fourth-order valence-corrected chi connectivity index (χ4v) is 3.29. The van der Waals surface area contributed by atoms with Gasteiger partial charge in [0, 0.05) is 13.2 Å². The quantitative estimate of drug-likeness (QED) is 0.881. The molecule has 0 bridgehead atoms. The second kappa shape index (κ2) is 5.55.